The molecule has 0 aliphatic carbocycles. The molecule has 0 radical (unpaired) electrons. The molecule has 2 aromatic carbocycles. The number of aryl methyl sites for hydroxylation is 2. The molecule has 1 aliphatic rings. The average Bonchev–Trinajstić information content (AvgIpc) is 3.24. The fourth-order valence-corrected chi connectivity index (χ4v) is 3.78. The van der Waals surface area contributed by atoms with Crippen LogP contribution in [0.15, 0.2) is 48.7 Å². The monoisotopic (exact) mass is 425 g/mol. The van der Waals surface area contributed by atoms with Crippen LogP contribution in [-0.4, -0.2) is 35.8 Å². The van der Waals surface area contributed by atoms with Crippen molar-refractivity contribution in [3.63, 3.8) is 0 Å². The Balaban J connectivity index is 1.63. The normalized spacial score (nSPS) is 14.3. The number of nitrogens with one attached hydrogen (secondary N) is 2. The van der Waals surface area contributed by atoms with E-state index in [1.165, 1.54) is 0 Å². The Bertz CT molecular complexity index is 980. The third kappa shape index (κ3) is 5.03. The lowest BCUT2D eigenvalue weighted by Crippen LogP contribution is -2.36. The fourth-order valence-electron chi connectivity index (χ4n) is 3.55. The number of carbonyl (C=O) groups is 2. The zero-order valence-electron chi connectivity index (χ0n) is 17.7. The first kappa shape index (κ1) is 21.9. The molecule has 2 aromatic rings. The summed E-state index contributed by atoms with van der Waals surface area (Å²) in [6, 6.07) is 10.5. The molecule has 1 heterocycles. The van der Waals surface area contributed by atoms with Gasteiger partial charge in [0.15, 0.2) is 0 Å². The second-order valence-corrected chi connectivity index (χ2v) is 8.27. The number of hydrogen-bond acceptors (Lipinski definition) is 3. The van der Waals surface area contributed by atoms with Crippen LogP contribution in [0.25, 0.3) is 0 Å². The van der Waals surface area contributed by atoms with E-state index in [0.29, 0.717) is 21.8 Å². The van der Waals surface area contributed by atoms with Crippen molar-refractivity contribution in [1.82, 2.24) is 10.2 Å². The predicted octanol–water partition coefficient (Wildman–Crippen LogP) is 4.94. The molecule has 3 rings (SSSR count). The van der Waals surface area contributed by atoms with Gasteiger partial charge < -0.3 is 15.5 Å². The molecule has 2 N–H and O–H groups in total. The minimum atomic E-state index is -0.293. The summed E-state index contributed by atoms with van der Waals surface area (Å²) in [7, 11) is 0. The van der Waals surface area contributed by atoms with E-state index < -0.39 is 0 Å². The molecule has 5 nitrogen and oxygen atoms in total. The van der Waals surface area contributed by atoms with Crippen LogP contribution < -0.4 is 10.6 Å². The number of likely N-dealkylation sites (tertiary alicyclic amines) is 1. The van der Waals surface area contributed by atoms with Crippen molar-refractivity contribution in [3.8, 4) is 0 Å². The number of nitrogens with zero attached hydrogens (tertiary/aromatic N) is 1. The fraction of sp³-hybridized carbons (Fsp3) is 0.333. The zero-order valence-corrected chi connectivity index (χ0v) is 18.5. The summed E-state index contributed by atoms with van der Waals surface area (Å²) >= 11 is 6.00. The van der Waals surface area contributed by atoms with E-state index in [-0.39, 0.29) is 17.9 Å². The predicted molar refractivity (Wildman–Crippen MR) is 122 cm³/mol. The molecule has 1 unspecified atom stereocenters. The van der Waals surface area contributed by atoms with Gasteiger partial charge in [-0.3, -0.25) is 9.59 Å². The Morgan fingerprint density at radius 3 is 2.40 bits per heavy atom. The summed E-state index contributed by atoms with van der Waals surface area (Å²) in [6.45, 7) is 11.4. The molecule has 6 heteroatoms. The second kappa shape index (κ2) is 9.35. The van der Waals surface area contributed by atoms with Crippen molar-refractivity contribution < 1.29 is 9.59 Å². The van der Waals surface area contributed by atoms with Gasteiger partial charge >= 0.3 is 0 Å². The van der Waals surface area contributed by atoms with Crippen molar-refractivity contribution in [3.05, 3.63) is 76.0 Å². The number of halogens is 1. The molecule has 0 bridgehead atoms. The molecule has 158 valence electrons. The standard InChI is InChI=1S/C24H28ClN3O2/c1-15-13-19(7-9-21(15)24(30)28-11-5-6-12-28)23(29)27-18(4)17(3)26-22-10-8-20(25)14-16(22)2/h7-10,13-14,18,26H,3,5-6,11-12H2,1-2,4H3,(H,27,29). The van der Waals surface area contributed by atoms with Crippen LogP contribution in [0.3, 0.4) is 0 Å². The lowest BCUT2D eigenvalue weighted by molar-refractivity contribution is 0.0791. The number of carbonyl (C=O) groups excluding carboxylic acids is 2. The highest BCUT2D eigenvalue weighted by Gasteiger charge is 2.22. The van der Waals surface area contributed by atoms with Crippen molar-refractivity contribution in [1.29, 1.82) is 0 Å². The second-order valence-electron chi connectivity index (χ2n) is 7.83. The van der Waals surface area contributed by atoms with Crippen LogP contribution in [0.1, 0.15) is 51.6 Å². The molecule has 1 aliphatic heterocycles. The molecule has 1 fully saturated rings. The van der Waals surface area contributed by atoms with Gasteiger partial charge in [0.2, 0.25) is 0 Å². The molecular weight excluding hydrogens is 398 g/mol. The van der Waals surface area contributed by atoms with E-state index in [9.17, 15) is 9.59 Å². The van der Waals surface area contributed by atoms with E-state index >= 15 is 0 Å². The summed E-state index contributed by atoms with van der Waals surface area (Å²) in [5.41, 5.74) is 4.55. The number of benzene rings is 2. The number of hydrogen-bond donors (Lipinski definition) is 2. The van der Waals surface area contributed by atoms with Gasteiger partial charge in [-0.05, 0) is 81.1 Å². The van der Waals surface area contributed by atoms with Gasteiger partial charge in [-0.25, -0.2) is 0 Å². The van der Waals surface area contributed by atoms with E-state index in [2.05, 4.69) is 17.2 Å². The van der Waals surface area contributed by atoms with Gasteiger partial charge in [0.25, 0.3) is 11.8 Å². The smallest absolute Gasteiger partial charge is 0.254 e. The number of amides is 2. The summed E-state index contributed by atoms with van der Waals surface area (Å²) < 4.78 is 0. The van der Waals surface area contributed by atoms with Gasteiger partial charge in [0.05, 0.1) is 6.04 Å². The maximum atomic E-state index is 12.7. The van der Waals surface area contributed by atoms with Crippen LogP contribution >= 0.6 is 11.6 Å². The van der Waals surface area contributed by atoms with Gasteiger partial charge in [-0.1, -0.05) is 18.2 Å². The zero-order chi connectivity index (χ0) is 21.8. The average molecular weight is 426 g/mol. The summed E-state index contributed by atoms with van der Waals surface area (Å²) in [4.78, 5) is 27.2. The summed E-state index contributed by atoms with van der Waals surface area (Å²) in [6.07, 6.45) is 2.10. The minimum absolute atomic E-state index is 0.0428. The topological polar surface area (TPSA) is 61.4 Å². The van der Waals surface area contributed by atoms with Gasteiger partial charge in [-0.2, -0.15) is 0 Å². The maximum Gasteiger partial charge on any atom is 0.254 e. The molecule has 1 atom stereocenters. The van der Waals surface area contributed by atoms with Crippen LogP contribution in [0.2, 0.25) is 5.02 Å². The van der Waals surface area contributed by atoms with Gasteiger partial charge in [0, 0.05) is 40.6 Å². The molecule has 2 amide bonds. The highest BCUT2D eigenvalue weighted by atomic mass is 35.5. The highest BCUT2D eigenvalue weighted by molar-refractivity contribution is 6.30. The first-order valence-electron chi connectivity index (χ1n) is 10.2. The summed E-state index contributed by atoms with van der Waals surface area (Å²) in [5, 5.41) is 6.87. The quantitative estimate of drug-likeness (QED) is 0.689. The largest absolute Gasteiger partial charge is 0.357 e. The van der Waals surface area contributed by atoms with Crippen LogP contribution in [0, 0.1) is 13.8 Å². The lowest BCUT2D eigenvalue weighted by atomic mass is 10.0. The molecule has 0 aromatic heterocycles. The van der Waals surface area contributed by atoms with Crippen molar-refractivity contribution in [2.45, 2.75) is 39.7 Å². The third-order valence-electron chi connectivity index (χ3n) is 5.47. The minimum Gasteiger partial charge on any atom is -0.357 e. The van der Waals surface area contributed by atoms with E-state index in [1.807, 2.05) is 37.8 Å². The van der Waals surface area contributed by atoms with Crippen LogP contribution in [-0.2, 0) is 0 Å². The molecular formula is C24H28ClN3O2. The first-order chi connectivity index (χ1) is 14.3. The highest BCUT2D eigenvalue weighted by Crippen LogP contribution is 2.22. The molecule has 30 heavy (non-hydrogen) atoms. The Morgan fingerprint density at radius 2 is 1.77 bits per heavy atom. The van der Waals surface area contributed by atoms with Crippen molar-refractivity contribution in [2.24, 2.45) is 0 Å². The van der Waals surface area contributed by atoms with Crippen molar-refractivity contribution >= 4 is 29.1 Å². The Kier molecular flexibility index (Phi) is 6.83. The molecule has 0 spiro atoms. The Labute approximate surface area is 183 Å². The van der Waals surface area contributed by atoms with E-state index in [1.54, 1.807) is 24.3 Å². The Hall–Kier alpha value is -2.79. The Morgan fingerprint density at radius 1 is 1.07 bits per heavy atom. The number of anilines is 1. The molecule has 0 saturated carbocycles. The maximum absolute atomic E-state index is 12.7. The van der Waals surface area contributed by atoms with Crippen LogP contribution in [0.4, 0.5) is 5.69 Å². The lowest BCUT2D eigenvalue weighted by Gasteiger charge is -2.20. The van der Waals surface area contributed by atoms with Gasteiger partial charge in [-0.15, -0.1) is 0 Å². The van der Waals surface area contributed by atoms with Gasteiger partial charge in [0.1, 0.15) is 0 Å². The molecule has 1 saturated heterocycles. The van der Waals surface area contributed by atoms with E-state index in [4.69, 9.17) is 11.6 Å². The summed E-state index contributed by atoms with van der Waals surface area (Å²) in [5.74, 6) is -0.164. The first-order valence-corrected chi connectivity index (χ1v) is 10.6. The third-order valence-corrected chi connectivity index (χ3v) is 5.70. The van der Waals surface area contributed by atoms with E-state index in [0.717, 1.165) is 42.7 Å². The van der Waals surface area contributed by atoms with Crippen molar-refractivity contribution in [2.75, 3.05) is 18.4 Å². The van der Waals surface area contributed by atoms with Crippen LogP contribution in [0.5, 0.6) is 0 Å². The SMILES string of the molecule is C=C(Nc1ccc(Cl)cc1C)C(C)NC(=O)c1ccc(C(=O)N2CCCC2)c(C)c1. The number of rotatable bonds is 6.